The second-order valence-corrected chi connectivity index (χ2v) is 11.3. The maximum Gasteiger partial charge on any atom is 0.263 e. The van der Waals surface area contributed by atoms with Gasteiger partial charge in [0.1, 0.15) is 4.83 Å². The van der Waals surface area contributed by atoms with Crippen LogP contribution in [0.15, 0.2) is 9.95 Å². The van der Waals surface area contributed by atoms with Crippen LogP contribution < -0.4 is 10.9 Å². The zero-order chi connectivity index (χ0) is 20.6. The molecule has 0 bridgehead atoms. The van der Waals surface area contributed by atoms with Crippen LogP contribution in [-0.2, 0) is 24.2 Å². The summed E-state index contributed by atoms with van der Waals surface area (Å²) in [6.45, 7) is 13.0. The van der Waals surface area contributed by atoms with E-state index in [0.717, 1.165) is 29.5 Å². The van der Waals surface area contributed by atoms with E-state index in [0.29, 0.717) is 23.5 Å². The second-order valence-electron chi connectivity index (χ2n) is 9.32. The average Bonchev–Trinajstić information content (AvgIpc) is 2.91. The normalized spacial score (nSPS) is 17.2. The number of carbonyl (C=O) groups excluding carboxylic acids is 1. The smallest absolute Gasteiger partial charge is 0.263 e. The molecular formula is C21H31N3O2S2. The largest absolute Gasteiger partial charge is 0.351 e. The monoisotopic (exact) mass is 421 g/mol. The van der Waals surface area contributed by atoms with E-state index in [2.05, 4.69) is 26.1 Å². The lowest BCUT2D eigenvalue weighted by Gasteiger charge is -2.20. The summed E-state index contributed by atoms with van der Waals surface area (Å²) in [4.78, 5) is 32.7. The summed E-state index contributed by atoms with van der Waals surface area (Å²) in [7, 11) is 0. The summed E-state index contributed by atoms with van der Waals surface area (Å²) in [5.74, 6) is 1.21. The lowest BCUT2D eigenvalue weighted by Crippen LogP contribution is -2.41. The van der Waals surface area contributed by atoms with Crippen LogP contribution in [0.2, 0.25) is 0 Å². The number of thioether (sulfide) groups is 1. The summed E-state index contributed by atoms with van der Waals surface area (Å²) in [6.07, 6.45) is 3.14. The number of hydrogen-bond acceptors (Lipinski definition) is 5. The van der Waals surface area contributed by atoms with Crippen molar-refractivity contribution in [2.45, 2.75) is 78.0 Å². The summed E-state index contributed by atoms with van der Waals surface area (Å²) in [5.41, 5.74) is 1.01. The highest BCUT2D eigenvalue weighted by molar-refractivity contribution is 7.99. The summed E-state index contributed by atoms with van der Waals surface area (Å²) < 4.78 is 1.78. The molecule has 154 valence electrons. The zero-order valence-electron chi connectivity index (χ0n) is 17.7. The van der Waals surface area contributed by atoms with Crippen molar-refractivity contribution in [2.24, 2.45) is 11.8 Å². The third-order valence-corrected chi connectivity index (χ3v) is 6.90. The van der Waals surface area contributed by atoms with Gasteiger partial charge in [-0.1, -0.05) is 32.5 Å². The number of amides is 1. The Balaban J connectivity index is 1.99. The Morgan fingerprint density at radius 1 is 1.39 bits per heavy atom. The van der Waals surface area contributed by atoms with E-state index in [1.165, 1.54) is 22.2 Å². The number of fused-ring (bicyclic) bond motifs is 3. The molecule has 2 aromatic rings. The highest BCUT2D eigenvalue weighted by atomic mass is 32.2. The fourth-order valence-corrected chi connectivity index (χ4v) is 5.86. The second kappa shape index (κ2) is 8.19. The van der Waals surface area contributed by atoms with Gasteiger partial charge >= 0.3 is 0 Å². The van der Waals surface area contributed by atoms with Crippen LogP contribution in [0.4, 0.5) is 0 Å². The Labute approximate surface area is 175 Å². The summed E-state index contributed by atoms with van der Waals surface area (Å²) in [6, 6.07) is 0. The molecule has 1 aliphatic carbocycles. The van der Waals surface area contributed by atoms with Gasteiger partial charge in [0.25, 0.3) is 5.56 Å². The number of nitrogens with zero attached hydrogens (tertiary/aromatic N) is 2. The highest BCUT2D eigenvalue weighted by Gasteiger charge is 2.25. The summed E-state index contributed by atoms with van der Waals surface area (Å²) in [5, 5.41) is 4.44. The van der Waals surface area contributed by atoms with Crippen molar-refractivity contribution < 1.29 is 4.79 Å². The number of aromatic nitrogens is 2. The van der Waals surface area contributed by atoms with Crippen LogP contribution in [0.25, 0.3) is 10.2 Å². The maximum atomic E-state index is 13.4. The van der Waals surface area contributed by atoms with Crippen molar-refractivity contribution in [3.8, 4) is 0 Å². The molecule has 0 aromatic carbocycles. The van der Waals surface area contributed by atoms with E-state index in [1.807, 2.05) is 20.8 Å². The predicted octanol–water partition coefficient (Wildman–Crippen LogP) is 4.25. The standard InChI is InChI=1S/C21H31N3O2S2/c1-12(2)10-24-19(26)17-14-8-7-13(3)9-15(14)28-18(17)22-20(24)27-11-16(25)23-21(4,5)6/h12-13H,7-11H2,1-6H3,(H,23,25). The van der Waals surface area contributed by atoms with Gasteiger partial charge in [0.2, 0.25) is 5.91 Å². The Bertz CT molecular complexity index is 938. The molecule has 2 heterocycles. The fraction of sp³-hybridized carbons (Fsp3) is 0.667. The molecule has 1 aliphatic rings. The van der Waals surface area contributed by atoms with E-state index in [1.54, 1.807) is 15.9 Å². The van der Waals surface area contributed by atoms with Crippen molar-refractivity contribution in [2.75, 3.05) is 5.75 Å². The van der Waals surface area contributed by atoms with E-state index >= 15 is 0 Å². The van der Waals surface area contributed by atoms with E-state index in [-0.39, 0.29) is 22.8 Å². The molecule has 1 N–H and O–H groups in total. The van der Waals surface area contributed by atoms with Gasteiger partial charge in [-0.3, -0.25) is 14.2 Å². The summed E-state index contributed by atoms with van der Waals surface area (Å²) >= 11 is 3.03. The molecule has 1 atom stereocenters. The van der Waals surface area contributed by atoms with Crippen molar-refractivity contribution in [1.82, 2.24) is 14.9 Å². The topological polar surface area (TPSA) is 64.0 Å². The average molecular weight is 422 g/mol. The molecular weight excluding hydrogens is 390 g/mol. The zero-order valence-corrected chi connectivity index (χ0v) is 19.4. The van der Waals surface area contributed by atoms with Crippen LogP contribution in [-0.4, -0.2) is 26.8 Å². The number of thiophene rings is 1. The third-order valence-electron chi connectivity index (χ3n) is 4.77. The first-order valence-electron chi connectivity index (χ1n) is 10.0. The van der Waals surface area contributed by atoms with Crippen molar-refractivity contribution in [3.63, 3.8) is 0 Å². The van der Waals surface area contributed by atoms with Crippen LogP contribution in [0.3, 0.4) is 0 Å². The molecule has 28 heavy (non-hydrogen) atoms. The molecule has 1 unspecified atom stereocenters. The Kier molecular flexibility index (Phi) is 6.25. The van der Waals surface area contributed by atoms with Gasteiger partial charge in [0.15, 0.2) is 5.16 Å². The van der Waals surface area contributed by atoms with Gasteiger partial charge < -0.3 is 5.32 Å². The molecule has 0 saturated heterocycles. The Hall–Kier alpha value is -1.34. The van der Waals surface area contributed by atoms with Gasteiger partial charge in [0, 0.05) is 17.0 Å². The highest BCUT2D eigenvalue weighted by Crippen LogP contribution is 2.36. The molecule has 0 radical (unpaired) electrons. The maximum absolute atomic E-state index is 13.4. The van der Waals surface area contributed by atoms with Crippen LogP contribution in [0, 0.1) is 11.8 Å². The number of nitrogens with one attached hydrogen (secondary N) is 1. The van der Waals surface area contributed by atoms with E-state index in [9.17, 15) is 9.59 Å². The van der Waals surface area contributed by atoms with Crippen LogP contribution >= 0.6 is 23.1 Å². The molecule has 0 fully saturated rings. The molecule has 1 amide bonds. The van der Waals surface area contributed by atoms with Gasteiger partial charge in [-0.15, -0.1) is 11.3 Å². The quantitative estimate of drug-likeness (QED) is 0.579. The molecule has 7 heteroatoms. The molecule has 3 rings (SSSR count). The number of hydrogen-bond donors (Lipinski definition) is 1. The van der Waals surface area contributed by atoms with Crippen LogP contribution in [0.1, 0.15) is 58.4 Å². The minimum absolute atomic E-state index is 0.0396. The van der Waals surface area contributed by atoms with E-state index < -0.39 is 0 Å². The fourth-order valence-electron chi connectivity index (χ4n) is 3.63. The first kappa shape index (κ1) is 21.4. The SMILES string of the molecule is CC(C)Cn1c(SCC(=O)NC(C)(C)C)nc2sc3c(c2c1=O)CCC(C)C3. The minimum Gasteiger partial charge on any atom is -0.351 e. The minimum atomic E-state index is -0.268. The first-order valence-corrected chi connectivity index (χ1v) is 11.8. The predicted molar refractivity (Wildman–Crippen MR) is 119 cm³/mol. The number of carbonyl (C=O) groups is 1. The molecule has 0 saturated carbocycles. The van der Waals surface area contributed by atoms with Gasteiger partial charge in [-0.05, 0) is 57.4 Å². The van der Waals surface area contributed by atoms with Gasteiger partial charge in [0.05, 0.1) is 11.1 Å². The van der Waals surface area contributed by atoms with Crippen molar-refractivity contribution in [3.05, 3.63) is 20.8 Å². The molecule has 5 nitrogen and oxygen atoms in total. The number of rotatable bonds is 5. The molecule has 0 aliphatic heterocycles. The van der Waals surface area contributed by atoms with Crippen molar-refractivity contribution in [1.29, 1.82) is 0 Å². The Morgan fingerprint density at radius 3 is 2.75 bits per heavy atom. The first-order chi connectivity index (χ1) is 13.0. The molecule has 2 aromatic heterocycles. The third kappa shape index (κ3) is 4.79. The lowest BCUT2D eigenvalue weighted by atomic mass is 9.89. The van der Waals surface area contributed by atoms with Crippen molar-refractivity contribution >= 4 is 39.2 Å². The lowest BCUT2D eigenvalue weighted by molar-refractivity contribution is -0.119. The van der Waals surface area contributed by atoms with Gasteiger partial charge in [-0.25, -0.2) is 4.98 Å². The van der Waals surface area contributed by atoms with Crippen LogP contribution in [0.5, 0.6) is 0 Å². The Morgan fingerprint density at radius 2 is 2.11 bits per heavy atom. The van der Waals surface area contributed by atoms with E-state index in [4.69, 9.17) is 4.98 Å². The number of aryl methyl sites for hydroxylation is 1. The van der Waals surface area contributed by atoms with Gasteiger partial charge in [-0.2, -0.15) is 0 Å². The molecule has 0 spiro atoms.